The number of benzene rings is 1. The molecule has 1 aromatic carbocycles. The Hall–Kier alpha value is -2.07. The molecule has 0 aliphatic carbocycles. The number of aromatic nitrogens is 1. The van der Waals surface area contributed by atoms with Gasteiger partial charge >= 0.3 is 0 Å². The van der Waals surface area contributed by atoms with Crippen molar-refractivity contribution in [1.29, 1.82) is 0 Å². The highest BCUT2D eigenvalue weighted by molar-refractivity contribution is 6.29. The number of amides is 1. The van der Waals surface area contributed by atoms with Crippen molar-refractivity contribution in [2.45, 2.75) is 19.9 Å². The zero-order valence-corrected chi connectivity index (χ0v) is 12.7. The lowest BCUT2D eigenvalue weighted by Gasteiger charge is -2.15. The van der Waals surface area contributed by atoms with Crippen LogP contribution in [0.4, 0.5) is 0 Å². The van der Waals surface area contributed by atoms with Gasteiger partial charge in [-0.25, -0.2) is 4.98 Å². The summed E-state index contributed by atoms with van der Waals surface area (Å²) in [6.07, 6.45) is 1.45. The third-order valence-electron chi connectivity index (χ3n) is 2.89. The fourth-order valence-corrected chi connectivity index (χ4v) is 1.83. The van der Waals surface area contributed by atoms with Crippen molar-refractivity contribution < 1.29 is 9.53 Å². The van der Waals surface area contributed by atoms with Gasteiger partial charge in [0.05, 0.1) is 11.6 Å². The van der Waals surface area contributed by atoms with Gasteiger partial charge < -0.3 is 10.1 Å². The van der Waals surface area contributed by atoms with Gasteiger partial charge in [-0.2, -0.15) is 0 Å². The van der Waals surface area contributed by atoms with E-state index >= 15 is 0 Å². The normalized spacial score (nSPS) is 11.8. The smallest absolute Gasteiger partial charge is 0.253 e. The quantitative estimate of drug-likeness (QED) is 0.863. The van der Waals surface area contributed by atoms with E-state index in [0.717, 1.165) is 5.75 Å². The molecule has 0 aliphatic rings. The number of nitrogens with zero attached hydrogens (tertiary/aromatic N) is 1. The molecule has 5 heteroatoms. The fourth-order valence-electron chi connectivity index (χ4n) is 1.71. The molecule has 0 bridgehead atoms. The van der Waals surface area contributed by atoms with Crippen LogP contribution in [0.25, 0.3) is 0 Å². The molecular weight excluding hydrogens is 288 g/mol. The van der Waals surface area contributed by atoms with Gasteiger partial charge in [0.1, 0.15) is 17.5 Å². The summed E-state index contributed by atoms with van der Waals surface area (Å²) in [6.45, 7) is 4.30. The Morgan fingerprint density at radius 3 is 2.62 bits per heavy atom. The van der Waals surface area contributed by atoms with E-state index in [1.54, 1.807) is 12.1 Å². The van der Waals surface area contributed by atoms with Gasteiger partial charge in [-0.1, -0.05) is 29.3 Å². The molecule has 2 rings (SSSR count). The first-order chi connectivity index (χ1) is 10.0. The number of halogens is 1. The average molecular weight is 305 g/mol. The molecular formula is C16H17ClN2O2. The molecule has 0 aliphatic heterocycles. The Balaban J connectivity index is 1.83. The average Bonchev–Trinajstić information content (AvgIpc) is 2.47. The molecule has 1 N–H and O–H groups in total. The molecule has 0 radical (unpaired) electrons. The SMILES string of the molecule is Cc1ccc(OCC(C)NC(=O)c2ccc(Cl)nc2)cc1. The molecule has 0 spiro atoms. The summed E-state index contributed by atoms with van der Waals surface area (Å²) in [7, 11) is 0. The van der Waals surface area contributed by atoms with Gasteiger partial charge in [0, 0.05) is 6.20 Å². The van der Waals surface area contributed by atoms with Gasteiger partial charge in [0.15, 0.2) is 0 Å². The second kappa shape index (κ2) is 7.09. The van der Waals surface area contributed by atoms with Crippen LogP contribution >= 0.6 is 11.6 Å². The molecule has 1 aromatic heterocycles. The molecule has 0 fully saturated rings. The molecule has 1 atom stereocenters. The van der Waals surface area contributed by atoms with Crippen LogP contribution in [0.5, 0.6) is 5.75 Å². The van der Waals surface area contributed by atoms with Crippen molar-refractivity contribution in [1.82, 2.24) is 10.3 Å². The first kappa shape index (κ1) is 15.3. The maximum absolute atomic E-state index is 12.0. The van der Waals surface area contributed by atoms with Crippen molar-refractivity contribution in [2.75, 3.05) is 6.61 Å². The third kappa shape index (κ3) is 4.76. The molecule has 0 saturated heterocycles. The van der Waals surface area contributed by atoms with E-state index in [4.69, 9.17) is 16.3 Å². The highest BCUT2D eigenvalue weighted by Crippen LogP contribution is 2.11. The summed E-state index contributed by atoms with van der Waals surface area (Å²) in [4.78, 5) is 15.9. The zero-order valence-electron chi connectivity index (χ0n) is 12.0. The lowest BCUT2D eigenvalue weighted by Crippen LogP contribution is -2.36. The molecule has 2 aromatic rings. The number of aryl methyl sites for hydroxylation is 1. The topological polar surface area (TPSA) is 51.2 Å². The maximum Gasteiger partial charge on any atom is 0.253 e. The number of ether oxygens (including phenoxy) is 1. The summed E-state index contributed by atoms with van der Waals surface area (Å²) >= 11 is 5.69. The molecule has 21 heavy (non-hydrogen) atoms. The molecule has 1 amide bonds. The van der Waals surface area contributed by atoms with Crippen molar-refractivity contribution in [2.24, 2.45) is 0 Å². The van der Waals surface area contributed by atoms with Gasteiger partial charge in [-0.3, -0.25) is 4.79 Å². The molecule has 4 nitrogen and oxygen atoms in total. The molecule has 110 valence electrons. The number of hydrogen-bond donors (Lipinski definition) is 1. The summed E-state index contributed by atoms with van der Waals surface area (Å²) in [6, 6.07) is 10.9. The largest absolute Gasteiger partial charge is 0.491 e. The summed E-state index contributed by atoms with van der Waals surface area (Å²) < 4.78 is 5.63. The Kier molecular flexibility index (Phi) is 5.17. The highest BCUT2D eigenvalue weighted by Gasteiger charge is 2.10. The van der Waals surface area contributed by atoms with Crippen LogP contribution in [0, 0.1) is 6.92 Å². The minimum atomic E-state index is -0.195. The maximum atomic E-state index is 12.0. The van der Waals surface area contributed by atoms with Gasteiger partial charge in [-0.15, -0.1) is 0 Å². The van der Waals surface area contributed by atoms with E-state index in [-0.39, 0.29) is 11.9 Å². The van der Waals surface area contributed by atoms with Crippen molar-refractivity contribution >= 4 is 17.5 Å². The molecule has 1 unspecified atom stereocenters. The van der Waals surface area contributed by atoms with E-state index in [1.807, 2.05) is 38.1 Å². The lowest BCUT2D eigenvalue weighted by molar-refractivity contribution is 0.0926. The number of carbonyl (C=O) groups excluding carboxylic acids is 1. The van der Waals surface area contributed by atoms with Crippen LogP contribution in [-0.2, 0) is 0 Å². The van der Waals surface area contributed by atoms with Crippen LogP contribution < -0.4 is 10.1 Å². The van der Waals surface area contributed by atoms with Crippen LogP contribution in [0.2, 0.25) is 5.15 Å². The van der Waals surface area contributed by atoms with Gasteiger partial charge in [0.2, 0.25) is 0 Å². The van der Waals surface area contributed by atoms with Crippen LogP contribution in [0.1, 0.15) is 22.8 Å². The first-order valence-electron chi connectivity index (χ1n) is 6.66. The summed E-state index contributed by atoms with van der Waals surface area (Å²) in [5.41, 5.74) is 1.65. The number of nitrogens with one attached hydrogen (secondary N) is 1. The number of rotatable bonds is 5. The second-order valence-electron chi connectivity index (χ2n) is 4.87. The highest BCUT2D eigenvalue weighted by atomic mass is 35.5. The van der Waals surface area contributed by atoms with E-state index in [2.05, 4.69) is 10.3 Å². The van der Waals surface area contributed by atoms with Crippen molar-refractivity contribution in [3.63, 3.8) is 0 Å². The van der Waals surface area contributed by atoms with Gasteiger partial charge in [-0.05, 0) is 38.1 Å². The Labute approximate surface area is 129 Å². The van der Waals surface area contributed by atoms with Gasteiger partial charge in [0.25, 0.3) is 5.91 Å². The minimum Gasteiger partial charge on any atom is -0.491 e. The first-order valence-corrected chi connectivity index (χ1v) is 7.04. The van der Waals surface area contributed by atoms with E-state index < -0.39 is 0 Å². The Bertz CT molecular complexity index is 597. The second-order valence-corrected chi connectivity index (χ2v) is 5.26. The van der Waals surface area contributed by atoms with E-state index in [0.29, 0.717) is 17.3 Å². The van der Waals surface area contributed by atoms with Crippen molar-refractivity contribution in [3.05, 3.63) is 58.9 Å². The number of hydrogen-bond acceptors (Lipinski definition) is 3. The number of pyridine rings is 1. The predicted octanol–water partition coefficient (Wildman–Crippen LogP) is 3.24. The summed E-state index contributed by atoms with van der Waals surface area (Å²) in [5.74, 6) is 0.592. The molecule has 1 heterocycles. The van der Waals surface area contributed by atoms with Crippen LogP contribution in [0.15, 0.2) is 42.6 Å². The lowest BCUT2D eigenvalue weighted by atomic mass is 10.2. The monoisotopic (exact) mass is 304 g/mol. The van der Waals surface area contributed by atoms with Crippen LogP contribution in [0.3, 0.4) is 0 Å². The zero-order chi connectivity index (χ0) is 15.2. The minimum absolute atomic E-state index is 0.116. The standard InChI is InChI=1S/C16H17ClN2O2/c1-11-3-6-14(7-4-11)21-10-12(2)19-16(20)13-5-8-15(17)18-9-13/h3-9,12H,10H2,1-2H3,(H,19,20). The summed E-state index contributed by atoms with van der Waals surface area (Å²) in [5, 5.41) is 3.21. The third-order valence-corrected chi connectivity index (χ3v) is 3.11. The fraction of sp³-hybridized carbons (Fsp3) is 0.250. The predicted molar refractivity (Wildman–Crippen MR) is 82.8 cm³/mol. The van der Waals surface area contributed by atoms with E-state index in [1.165, 1.54) is 11.8 Å². The van der Waals surface area contributed by atoms with Crippen molar-refractivity contribution in [3.8, 4) is 5.75 Å². The van der Waals surface area contributed by atoms with E-state index in [9.17, 15) is 4.79 Å². The molecule has 0 saturated carbocycles. The number of carbonyl (C=O) groups is 1. The Morgan fingerprint density at radius 2 is 2.00 bits per heavy atom. The Morgan fingerprint density at radius 1 is 1.29 bits per heavy atom. The van der Waals surface area contributed by atoms with Crippen LogP contribution in [-0.4, -0.2) is 23.5 Å².